The fraction of sp³-hybridized carbons (Fsp3) is 0.231. The average molecular weight is 343 g/mol. The van der Waals surface area contributed by atoms with Crippen molar-refractivity contribution in [3.63, 3.8) is 0 Å². The van der Waals surface area contributed by atoms with Gasteiger partial charge in [0, 0.05) is 11.3 Å². The Kier molecular flexibility index (Phi) is 3.61. The van der Waals surface area contributed by atoms with Crippen LogP contribution in [0.4, 0.5) is 5.69 Å². The lowest BCUT2D eigenvalue weighted by Gasteiger charge is -2.11. The summed E-state index contributed by atoms with van der Waals surface area (Å²) in [5.41, 5.74) is 2.69. The molecule has 0 aliphatic carbocycles. The largest absolute Gasteiger partial charge is 0.507 e. The van der Waals surface area contributed by atoms with E-state index < -0.39 is 0 Å². The lowest BCUT2D eigenvalue weighted by atomic mass is 10.1. The Hall–Kier alpha value is -1.17. The van der Waals surface area contributed by atoms with Crippen molar-refractivity contribution < 1.29 is 9.52 Å². The lowest BCUT2D eigenvalue weighted by Crippen LogP contribution is -2.00. The number of anilines is 1. The van der Waals surface area contributed by atoms with Crippen LogP contribution in [0, 0.1) is 17.6 Å². The Morgan fingerprint density at radius 1 is 1.24 bits per heavy atom. The second-order valence-corrected chi connectivity index (χ2v) is 5.03. The van der Waals surface area contributed by atoms with Gasteiger partial charge in [0.15, 0.2) is 3.77 Å². The normalized spacial score (nSPS) is 10.5. The molecule has 90 valence electrons. The number of benzene rings is 1. The van der Waals surface area contributed by atoms with Gasteiger partial charge in [-0.1, -0.05) is 6.07 Å². The molecule has 1 aromatic carbocycles. The molecule has 0 spiro atoms. The third kappa shape index (κ3) is 2.74. The van der Waals surface area contributed by atoms with Crippen LogP contribution in [-0.4, -0.2) is 5.11 Å². The molecule has 0 fully saturated rings. The molecule has 2 N–H and O–H groups in total. The molecule has 0 saturated carbocycles. The number of halogens is 1. The minimum Gasteiger partial charge on any atom is -0.507 e. The smallest absolute Gasteiger partial charge is 0.164 e. The SMILES string of the molecule is Cc1ccc(NCc2ccc(I)o2)c(C)c1O. The molecule has 2 rings (SSSR count). The number of nitrogens with one attached hydrogen (secondary N) is 1. The van der Waals surface area contributed by atoms with Crippen LogP contribution in [-0.2, 0) is 6.54 Å². The van der Waals surface area contributed by atoms with Crippen molar-refractivity contribution >= 4 is 28.3 Å². The average Bonchev–Trinajstić information content (AvgIpc) is 2.71. The van der Waals surface area contributed by atoms with E-state index in [1.54, 1.807) is 0 Å². The monoisotopic (exact) mass is 343 g/mol. The van der Waals surface area contributed by atoms with Crippen molar-refractivity contribution in [2.45, 2.75) is 20.4 Å². The molecule has 0 bridgehead atoms. The maximum absolute atomic E-state index is 9.82. The minimum absolute atomic E-state index is 0.351. The van der Waals surface area contributed by atoms with Crippen molar-refractivity contribution in [2.24, 2.45) is 0 Å². The van der Waals surface area contributed by atoms with Crippen molar-refractivity contribution in [1.82, 2.24) is 0 Å². The Balaban J connectivity index is 2.12. The zero-order chi connectivity index (χ0) is 12.4. The number of aromatic hydroxyl groups is 1. The summed E-state index contributed by atoms with van der Waals surface area (Å²) < 4.78 is 6.34. The van der Waals surface area contributed by atoms with Gasteiger partial charge in [-0.2, -0.15) is 0 Å². The van der Waals surface area contributed by atoms with E-state index in [0.717, 1.165) is 26.3 Å². The van der Waals surface area contributed by atoms with Crippen LogP contribution < -0.4 is 5.32 Å². The van der Waals surface area contributed by atoms with Crippen LogP contribution in [0.5, 0.6) is 5.75 Å². The van der Waals surface area contributed by atoms with Gasteiger partial charge >= 0.3 is 0 Å². The summed E-state index contributed by atoms with van der Waals surface area (Å²) in [6.07, 6.45) is 0. The number of hydrogen-bond acceptors (Lipinski definition) is 3. The molecule has 0 aliphatic rings. The van der Waals surface area contributed by atoms with E-state index in [0.29, 0.717) is 12.3 Å². The van der Waals surface area contributed by atoms with E-state index in [1.165, 1.54) is 0 Å². The number of phenols is 1. The molecule has 17 heavy (non-hydrogen) atoms. The van der Waals surface area contributed by atoms with Gasteiger partial charge in [-0.25, -0.2) is 0 Å². The Morgan fingerprint density at radius 2 is 2.00 bits per heavy atom. The quantitative estimate of drug-likeness (QED) is 0.833. The van der Waals surface area contributed by atoms with Gasteiger partial charge in [-0.15, -0.1) is 0 Å². The molecule has 2 aromatic rings. The highest BCUT2D eigenvalue weighted by molar-refractivity contribution is 14.1. The van der Waals surface area contributed by atoms with Crippen LogP contribution in [0.25, 0.3) is 0 Å². The highest BCUT2D eigenvalue weighted by Gasteiger charge is 2.06. The molecule has 3 nitrogen and oxygen atoms in total. The summed E-state index contributed by atoms with van der Waals surface area (Å²) in [6, 6.07) is 7.74. The van der Waals surface area contributed by atoms with Gasteiger partial charge in [0.25, 0.3) is 0 Å². The molecule has 0 radical (unpaired) electrons. The molecular weight excluding hydrogens is 329 g/mol. The summed E-state index contributed by atoms with van der Waals surface area (Å²) in [5.74, 6) is 1.23. The van der Waals surface area contributed by atoms with Gasteiger partial charge in [0.05, 0.1) is 6.54 Å². The minimum atomic E-state index is 0.351. The van der Waals surface area contributed by atoms with Crippen molar-refractivity contribution in [1.29, 1.82) is 0 Å². The molecule has 1 aromatic heterocycles. The van der Waals surface area contributed by atoms with Crippen LogP contribution in [0.1, 0.15) is 16.9 Å². The second kappa shape index (κ2) is 5.00. The Morgan fingerprint density at radius 3 is 2.65 bits per heavy atom. The number of hydrogen-bond donors (Lipinski definition) is 2. The molecule has 0 saturated heterocycles. The van der Waals surface area contributed by atoms with Crippen molar-refractivity contribution in [2.75, 3.05) is 5.32 Å². The zero-order valence-corrected chi connectivity index (χ0v) is 11.9. The van der Waals surface area contributed by atoms with E-state index in [-0.39, 0.29) is 0 Å². The van der Waals surface area contributed by atoms with E-state index in [2.05, 4.69) is 27.9 Å². The van der Waals surface area contributed by atoms with Crippen LogP contribution in [0.2, 0.25) is 0 Å². The molecule has 0 amide bonds. The first kappa shape index (κ1) is 12.3. The van der Waals surface area contributed by atoms with Crippen molar-refractivity contribution in [3.8, 4) is 5.75 Å². The maximum Gasteiger partial charge on any atom is 0.164 e. The summed E-state index contributed by atoms with van der Waals surface area (Å²) in [7, 11) is 0. The van der Waals surface area contributed by atoms with Crippen LogP contribution in [0.3, 0.4) is 0 Å². The molecular formula is C13H14INO2. The first-order valence-corrected chi connectivity index (χ1v) is 6.43. The predicted molar refractivity (Wildman–Crippen MR) is 76.3 cm³/mol. The molecule has 0 atom stereocenters. The maximum atomic E-state index is 9.82. The fourth-order valence-corrected chi connectivity index (χ4v) is 2.12. The summed E-state index contributed by atoms with van der Waals surface area (Å²) >= 11 is 2.14. The highest BCUT2D eigenvalue weighted by Crippen LogP contribution is 2.28. The fourth-order valence-electron chi connectivity index (χ4n) is 1.66. The molecule has 1 heterocycles. The topological polar surface area (TPSA) is 45.4 Å². The van der Waals surface area contributed by atoms with Gasteiger partial charge in [0.2, 0.25) is 0 Å². The van der Waals surface area contributed by atoms with Gasteiger partial charge in [-0.3, -0.25) is 0 Å². The van der Waals surface area contributed by atoms with Gasteiger partial charge in [-0.05, 0) is 60.2 Å². The number of rotatable bonds is 3. The van der Waals surface area contributed by atoms with E-state index in [9.17, 15) is 5.11 Å². The molecule has 0 unspecified atom stereocenters. The summed E-state index contributed by atoms with van der Waals surface area (Å²) in [6.45, 7) is 4.41. The van der Waals surface area contributed by atoms with E-state index >= 15 is 0 Å². The number of aryl methyl sites for hydroxylation is 1. The predicted octanol–water partition coefficient (Wildman–Crippen LogP) is 3.82. The summed E-state index contributed by atoms with van der Waals surface area (Å²) in [5, 5.41) is 13.1. The first-order valence-electron chi connectivity index (χ1n) is 5.35. The molecule has 4 heteroatoms. The number of furan rings is 1. The standard InChI is InChI=1S/C13H14INO2/c1-8-3-5-11(9(2)13(8)16)15-7-10-4-6-12(14)17-10/h3-6,15-16H,7H2,1-2H3. The van der Waals surface area contributed by atoms with Crippen LogP contribution in [0.15, 0.2) is 28.7 Å². The third-order valence-electron chi connectivity index (χ3n) is 2.71. The second-order valence-electron chi connectivity index (χ2n) is 3.96. The number of phenolic OH excluding ortho intramolecular Hbond substituents is 1. The van der Waals surface area contributed by atoms with Gasteiger partial charge < -0.3 is 14.8 Å². The Bertz CT molecular complexity index is 534. The van der Waals surface area contributed by atoms with E-state index in [4.69, 9.17) is 4.42 Å². The third-order valence-corrected chi connectivity index (χ3v) is 3.29. The first-order chi connectivity index (χ1) is 8.08. The molecule has 0 aliphatic heterocycles. The van der Waals surface area contributed by atoms with E-state index in [1.807, 2.05) is 38.1 Å². The van der Waals surface area contributed by atoms with Crippen LogP contribution >= 0.6 is 22.6 Å². The van der Waals surface area contributed by atoms with Crippen molar-refractivity contribution in [3.05, 3.63) is 44.9 Å². The van der Waals surface area contributed by atoms with Gasteiger partial charge in [0.1, 0.15) is 11.5 Å². The highest BCUT2D eigenvalue weighted by atomic mass is 127. The zero-order valence-electron chi connectivity index (χ0n) is 9.75. The Labute approximate surface area is 114 Å². The lowest BCUT2D eigenvalue weighted by molar-refractivity contribution is 0.467. The summed E-state index contributed by atoms with van der Waals surface area (Å²) in [4.78, 5) is 0.